The molecule has 0 aliphatic heterocycles. The Bertz CT molecular complexity index is 1300. The fourth-order valence-corrected chi connectivity index (χ4v) is 3.49. The predicted molar refractivity (Wildman–Crippen MR) is 111 cm³/mol. The van der Waals surface area contributed by atoms with E-state index < -0.39 is 35.2 Å². The van der Waals surface area contributed by atoms with Gasteiger partial charge in [-0.15, -0.1) is 0 Å². The van der Waals surface area contributed by atoms with Gasteiger partial charge in [0, 0.05) is 48.4 Å². The smallest absolute Gasteiger partial charge is 0.258 e. The molecule has 1 saturated carbocycles. The predicted octanol–water partition coefficient (Wildman–Crippen LogP) is 3.33. The lowest BCUT2D eigenvalue weighted by Crippen LogP contribution is -2.21. The average molecular weight is 426 g/mol. The van der Waals surface area contributed by atoms with Crippen LogP contribution in [-0.4, -0.2) is 32.4 Å². The van der Waals surface area contributed by atoms with Gasteiger partial charge in [-0.1, -0.05) is 6.92 Å². The number of rotatable bonds is 5. The first kappa shape index (κ1) is 20.8. The van der Waals surface area contributed by atoms with Crippen molar-refractivity contribution in [1.29, 1.82) is 0 Å². The van der Waals surface area contributed by atoms with Gasteiger partial charge >= 0.3 is 0 Å². The third-order valence-corrected chi connectivity index (χ3v) is 5.55. The van der Waals surface area contributed by atoms with Gasteiger partial charge in [0.25, 0.3) is 5.56 Å². The summed E-state index contributed by atoms with van der Waals surface area (Å²) in [6.45, 7) is 3.12. The van der Waals surface area contributed by atoms with Gasteiger partial charge in [0.15, 0.2) is 11.6 Å². The lowest BCUT2D eigenvalue weighted by atomic mass is 10.0. The van der Waals surface area contributed by atoms with E-state index in [0.29, 0.717) is 10.9 Å². The number of hydrogen-bond donors (Lipinski definition) is 1. The van der Waals surface area contributed by atoms with E-state index in [1.54, 1.807) is 20.0 Å². The highest BCUT2D eigenvalue weighted by Crippen LogP contribution is 2.34. The highest BCUT2D eigenvalue weighted by molar-refractivity contribution is 5.96. The second-order valence-corrected chi connectivity index (χ2v) is 7.63. The molecule has 0 radical (unpaired) electrons. The Morgan fingerprint density at radius 2 is 1.94 bits per heavy atom. The number of anilines is 1. The van der Waals surface area contributed by atoms with Crippen LogP contribution >= 0.6 is 0 Å². The van der Waals surface area contributed by atoms with Gasteiger partial charge in [-0.05, 0) is 25.0 Å². The first-order valence-corrected chi connectivity index (χ1v) is 9.86. The average Bonchev–Trinajstić information content (AvgIpc) is 3.49. The summed E-state index contributed by atoms with van der Waals surface area (Å²) in [5.74, 6) is -2.04. The number of aromatic nitrogens is 3. The van der Waals surface area contributed by atoms with Crippen molar-refractivity contribution in [3.8, 4) is 11.1 Å². The van der Waals surface area contributed by atoms with E-state index in [9.17, 15) is 23.2 Å². The minimum absolute atomic E-state index is 0.123. The summed E-state index contributed by atoms with van der Waals surface area (Å²) >= 11 is 0. The van der Waals surface area contributed by atoms with Gasteiger partial charge in [0.05, 0.1) is 11.4 Å². The van der Waals surface area contributed by atoms with Crippen molar-refractivity contribution in [2.45, 2.75) is 32.9 Å². The first-order chi connectivity index (χ1) is 14.7. The van der Waals surface area contributed by atoms with Crippen LogP contribution in [-0.2, 0) is 11.8 Å². The zero-order valence-electron chi connectivity index (χ0n) is 17.2. The molecule has 0 unspecified atom stereocenters. The zero-order chi connectivity index (χ0) is 22.4. The minimum Gasteiger partial charge on any atom is -0.311 e. The number of carbonyl (C=O) groups is 2. The number of nitrogens with zero attached hydrogens (tertiary/aromatic N) is 3. The molecule has 1 aliphatic carbocycles. The van der Waals surface area contributed by atoms with Crippen LogP contribution in [0.5, 0.6) is 0 Å². The van der Waals surface area contributed by atoms with Crippen molar-refractivity contribution >= 4 is 28.4 Å². The van der Waals surface area contributed by atoms with Crippen molar-refractivity contribution in [1.82, 2.24) is 14.5 Å². The number of aryl methyl sites for hydroxylation is 1. The second kappa shape index (κ2) is 7.64. The van der Waals surface area contributed by atoms with Gasteiger partial charge in [0.2, 0.25) is 5.91 Å². The molecule has 1 aliphatic rings. The molecule has 3 aromatic rings. The van der Waals surface area contributed by atoms with Crippen molar-refractivity contribution < 1.29 is 18.4 Å². The number of amides is 1. The Labute approximate surface area is 176 Å². The summed E-state index contributed by atoms with van der Waals surface area (Å²) in [7, 11) is 1.55. The molecular formula is C22H20F2N4O3. The maximum atomic E-state index is 14.7. The molecule has 2 atom stereocenters. The Kier molecular flexibility index (Phi) is 5.12. The normalized spacial score (nSPS) is 17.6. The van der Waals surface area contributed by atoms with Crippen molar-refractivity contribution in [3.05, 3.63) is 52.0 Å². The van der Waals surface area contributed by atoms with E-state index in [2.05, 4.69) is 15.3 Å². The third kappa shape index (κ3) is 3.60. The van der Waals surface area contributed by atoms with Crippen molar-refractivity contribution in [2.24, 2.45) is 13.0 Å². The SMILES string of the molecule is CCC(=O)c1ncc(-c2cc3cnc(NC(=O)[C@@H]4C[C@@H]4F)cc3n(C)c2=O)c(C)c1F. The molecule has 31 heavy (non-hydrogen) atoms. The molecule has 0 bridgehead atoms. The van der Waals surface area contributed by atoms with Crippen LogP contribution in [0.2, 0.25) is 0 Å². The molecule has 0 saturated heterocycles. The number of pyridine rings is 3. The monoisotopic (exact) mass is 426 g/mol. The van der Waals surface area contributed by atoms with Crippen LogP contribution < -0.4 is 10.9 Å². The number of fused-ring (bicyclic) bond motifs is 1. The van der Waals surface area contributed by atoms with Gasteiger partial charge in [-0.25, -0.2) is 18.7 Å². The van der Waals surface area contributed by atoms with E-state index in [1.165, 1.54) is 30.0 Å². The van der Waals surface area contributed by atoms with Gasteiger partial charge in [-0.3, -0.25) is 14.4 Å². The van der Waals surface area contributed by atoms with Crippen LogP contribution in [0.25, 0.3) is 22.0 Å². The number of nitrogens with one attached hydrogen (secondary N) is 1. The Balaban J connectivity index is 1.77. The largest absolute Gasteiger partial charge is 0.311 e. The highest BCUT2D eigenvalue weighted by atomic mass is 19.1. The standard InChI is InChI=1S/C22H20F2N4O3/c1-4-17(29)20-19(24)10(2)14(9-26-20)12-5-11-8-25-18(7-16(11)28(3)22(12)31)27-21(30)13-6-15(13)23/h5,7-9,13,15H,4,6H2,1-3H3,(H,25,27,30)/t13-,15+/m1/s1. The first-order valence-electron chi connectivity index (χ1n) is 9.86. The highest BCUT2D eigenvalue weighted by Gasteiger charge is 2.43. The second-order valence-electron chi connectivity index (χ2n) is 7.63. The summed E-state index contributed by atoms with van der Waals surface area (Å²) < 4.78 is 29.2. The fraction of sp³-hybridized carbons (Fsp3) is 0.318. The Morgan fingerprint density at radius 3 is 2.58 bits per heavy atom. The summed E-state index contributed by atoms with van der Waals surface area (Å²) in [5.41, 5.74) is 0.509. The summed E-state index contributed by atoms with van der Waals surface area (Å²) in [4.78, 5) is 45.0. The molecule has 3 heterocycles. The van der Waals surface area contributed by atoms with E-state index in [-0.39, 0.29) is 41.0 Å². The van der Waals surface area contributed by atoms with E-state index in [1.807, 2.05) is 0 Å². The maximum absolute atomic E-state index is 14.7. The summed E-state index contributed by atoms with van der Waals surface area (Å²) in [5, 5.41) is 3.14. The fourth-order valence-electron chi connectivity index (χ4n) is 3.49. The van der Waals surface area contributed by atoms with Gasteiger partial charge in [0.1, 0.15) is 17.7 Å². The molecular weight excluding hydrogens is 406 g/mol. The third-order valence-electron chi connectivity index (χ3n) is 5.55. The lowest BCUT2D eigenvalue weighted by Gasteiger charge is -2.13. The zero-order valence-corrected chi connectivity index (χ0v) is 17.2. The molecule has 9 heteroatoms. The molecule has 1 N–H and O–H groups in total. The molecule has 4 rings (SSSR count). The summed E-state index contributed by atoms with van der Waals surface area (Å²) in [6.07, 6.45) is 2.01. The van der Waals surface area contributed by atoms with Crippen LogP contribution in [0, 0.1) is 18.7 Å². The molecule has 1 fully saturated rings. The molecule has 1 amide bonds. The van der Waals surface area contributed by atoms with Crippen LogP contribution in [0.3, 0.4) is 0 Å². The van der Waals surface area contributed by atoms with Gasteiger partial charge in [-0.2, -0.15) is 0 Å². The summed E-state index contributed by atoms with van der Waals surface area (Å²) in [6, 6.07) is 3.10. The maximum Gasteiger partial charge on any atom is 0.258 e. The lowest BCUT2D eigenvalue weighted by molar-refractivity contribution is -0.117. The number of Topliss-reactive ketones (excluding diaryl/α,β-unsaturated/α-hetero) is 1. The molecule has 7 nitrogen and oxygen atoms in total. The van der Waals surface area contributed by atoms with Crippen LogP contribution in [0.4, 0.5) is 14.6 Å². The number of alkyl halides is 1. The quantitative estimate of drug-likeness (QED) is 0.632. The van der Waals surface area contributed by atoms with Crippen molar-refractivity contribution in [2.75, 3.05) is 5.32 Å². The Hall–Kier alpha value is -3.49. The minimum atomic E-state index is -1.12. The van der Waals surface area contributed by atoms with Gasteiger partial charge < -0.3 is 9.88 Å². The van der Waals surface area contributed by atoms with Crippen LogP contribution in [0.1, 0.15) is 35.8 Å². The molecule has 3 aromatic heterocycles. The molecule has 160 valence electrons. The number of halogens is 2. The number of carbonyl (C=O) groups excluding carboxylic acids is 2. The van der Waals surface area contributed by atoms with Crippen LogP contribution in [0.15, 0.2) is 29.3 Å². The molecule has 0 spiro atoms. The number of ketones is 1. The van der Waals surface area contributed by atoms with E-state index >= 15 is 0 Å². The number of hydrogen-bond acceptors (Lipinski definition) is 5. The van der Waals surface area contributed by atoms with Crippen molar-refractivity contribution in [3.63, 3.8) is 0 Å². The molecule has 0 aromatic carbocycles. The van der Waals surface area contributed by atoms with E-state index in [4.69, 9.17) is 0 Å². The topological polar surface area (TPSA) is 93.9 Å². The van der Waals surface area contributed by atoms with E-state index in [0.717, 1.165) is 0 Å². The Morgan fingerprint density at radius 1 is 1.23 bits per heavy atom.